The van der Waals surface area contributed by atoms with Crippen LogP contribution in [-0.4, -0.2) is 48.5 Å². The summed E-state index contributed by atoms with van der Waals surface area (Å²) in [6.07, 6.45) is 4.05. The molecule has 2 fully saturated rings. The summed E-state index contributed by atoms with van der Waals surface area (Å²) in [7, 11) is 0. The molecule has 0 amide bonds. The van der Waals surface area contributed by atoms with Crippen LogP contribution in [0.4, 0.5) is 0 Å². The summed E-state index contributed by atoms with van der Waals surface area (Å²) in [5, 5.41) is 10.3. The number of benzene rings is 1. The van der Waals surface area contributed by atoms with Crippen LogP contribution in [0.5, 0.6) is 0 Å². The Morgan fingerprint density at radius 1 is 1.10 bits per heavy atom. The van der Waals surface area contributed by atoms with E-state index in [0.717, 1.165) is 45.1 Å². The Hall–Kier alpha value is -0.900. The summed E-state index contributed by atoms with van der Waals surface area (Å²) in [6, 6.07) is 10.8. The second-order valence-corrected chi connectivity index (χ2v) is 6.16. The number of likely N-dealkylation sites (tertiary alicyclic amines) is 1. The van der Waals surface area contributed by atoms with E-state index in [-0.39, 0.29) is 6.10 Å². The van der Waals surface area contributed by atoms with Gasteiger partial charge in [-0.15, -0.1) is 0 Å². The topological polar surface area (TPSA) is 32.7 Å². The fourth-order valence-electron chi connectivity index (χ4n) is 3.51. The largest absolute Gasteiger partial charge is 0.391 e. The van der Waals surface area contributed by atoms with Crippen LogP contribution >= 0.6 is 0 Å². The van der Waals surface area contributed by atoms with Crippen LogP contribution in [0.2, 0.25) is 0 Å². The lowest BCUT2D eigenvalue weighted by atomic mass is 9.97. The van der Waals surface area contributed by atoms with E-state index in [9.17, 15) is 5.11 Å². The van der Waals surface area contributed by atoms with Crippen molar-refractivity contribution in [3.8, 4) is 0 Å². The zero-order chi connectivity index (χ0) is 13.8. The van der Waals surface area contributed by atoms with Gasteiger partial charge in [-0.3, -0.25) is 4.90 Å². The second kappa shape index (κ2) is 6.70. The second-order valence-electron chi connectivity index (χ2n) is 6.16. The highest BCUT2D eigenvalue weighted by Crippen LogP contribution is 2.25. The van der Waals surface area contributed by atoms with E-state index in [1.54, 1.807) is 0 Å². The van der Waals surface area contributed by atoms with Gasteiger partial charge in [0.25, 0.3) is 0 Å². The minimum absolute atomic E-state index is 0.171. The summed E-state index contributed by atoms with van der Waals surface area (Å²) in [4.78, 5) is 2.51. The standard InChI is InChI=1S/C17H25NO2/c19-17-6-9-18(13-15-7-10-20-11-8-15)16(17)12-14-4-2-1-3-5-14/h1-5,15-17,19H,6-13H2/t16-,17-/m0/s1. The number of aliphatic hydroxyl groups is 1. The Morgan fingerprint density at radius 3 is 2.60 bits per heavy atom. The molecule has 1 aromatic carbocycles. The van der Waals surface area contributed by atoms with Crippen molar-refractivity contribution in [3.05, 3.63) is 35.9 Å². The van der Waals surface area contributed by atoms with Crippen molar-refractivity contribution in [2.45, 2.75) is 37.8 Å². The molecule has 1 aromatic rings. The van der Waals surface area contributed by atoms with Crippen molar-refractivity contribution in [3.63, 3.8) is 0 Å². The first-order chi connectivity index (χ1) is 9.83. The van der Waals surface area contributed by atoms with E-state index >= 15 is 0 Å². The van der Waals surface area contributed by atoms with E-state index in [1.807, 2.05) is 6.07 Å². The molecule has 3 nitrogen and oxygen atoms in total. The van der Waals surface area contributed by atoms with E-state index in [4.69, 9.17) is 4.74 Å². The Kier molecular flexibility index (Phi) is 4.71. The average Bonchev–Trinajstić information content (AvgIpc) is 2.83. The third-order valence-corrected chi connectivity index (χ3v) is 4.75. The first-order valence-corrected chi connectivity index (χ1v) is 7.87. The van der Waals surface area contributed by atoms with Crippen molar-refractivity contribution < 1.29 is 9.84 Å². The van der Waals surface area contributed by atoms with Crippen LogP contribution in [0.3, 0.4) is 0 Å². The van der Waals surface area contributed by atoms with Gasteiger partial charge in [-0.1, -0.05) is 30.3 Å². The summed E-state index contributed by atoms with van der Waals surface area (Å²) in [5.41, 5.74) is 1.33. The zero-order valence-corrected chi connectivity index (χ0v) is 12.1. The first-order valence-electron chi connectivity index (χ1n) is 7.87. The maximum Gasteiger partial charge on any atom is 0.0710 e. The molecule has 0 aromatic heterocycles. The fourth-order valence-corrected chi connectivity index (χ4v) is 3.51. The van der Waals surface area contributed by atoms with Gasteiger partial charge < -0.3 is 9.84 Å². The molecule has 0 unspecified atom stereocenters. The fraction of sp³-hybridized carbons (Fsp3) is 0.647. The van der Waals surface area contributed by atoms with E-state index in [0.29, 0.717) is 6.04 Å². The molecule has 0 saturated carbocycles. The van der Waals surface area contributed by atoms with Crippen molar-refractivity contribution in [1.29, 1.82) is 0 Å². The lowest BCUT2D eigenvalue weighted by molar-refractivity contribution is 0.0434. The van der Waals surface area contributed by atoms with Crippen molar-refractivity contribution >= 4 is 0 Å². The number of ether oxygens (including phenoxy) is 1. The molecule has 0 bridgehead atoms. The maximum absolute atomic E-state index is 10.3. The maximum atomic E-state index is 10.3. The third-order valence-electron chi connectivity index (χ3n) is 4.75. The predicted molar refractivity (Wildman–Crippen MR) is 79.7 cm³/mol. The van der Waals surface area contributed by atoms with Gasteiger partial charge in [-0.05, 0) is 37.2 Å². The molecule has 110 valence electrons. The van der Waals surface area contributed by atoms with E-state index in [2.05, 4.69) is 29.2 Å². The molecule has 2 heterocycles. The smallest absolute Gasteiger partial charge is 0.0710 e. The van der Waals surface area contributed by atoms with Gasteiger partial charge in [-0.25, -0.2) is 0 Å². The number of rotatable bonds is 4. The molecule has 0 aliphatic carbocycles. The summed E-state index contributed by atoms with van der Waals surface area (Å²) < 4.78 is 5.44. The quantitative estimate of drug-likeness (QED) is 0.913. The number of nitrogens with zero attached hydrogens (tertiary/aromatic N) is 1. The Morgan fingerprint density at radius 2 is 1.85 bits per heavy atom. The molecule has 2 saturated heterocycles. The van der Waals surface area contributed by atoms with Crippen molar-refractivity contribution in [2.24, 2.45) is 5.92 Å². The molecular formula is C17H25NO2. The zero-order valence-electron chi connectivity index (χ0n) is 12.1. The number of hydrogen-bond acceptors (Lipinski definition) is 3. The highest BCUT2D eigenvalue weighted by Gasteiger charge is 2.34. The van der Waals surface area contributed by atoms with Gasteiger partial charge in [0.1, 0.15) is 0 Å². The molecule has 2 aliphatic rings. The van der Waals surface area contributed by atoms with Gasteiger partial charge in [0.2, 0.25) is 0 Å². The first kappa shape index (κ1) is 14.1. The lowest BCUT2D eigenvalue weighted by Crippen LogP contribution is -2.40. The normalized spacial score (nSPS) is 28.9. The van der Waals surface area contributed by atoms with Crippen LogP contribution in [0.1, 0.15) is 24.8 Å². The Balaban J connectivity index is 1.61. The predicted octanol–water partition coefficient (Wildman–Crippen LogP) is 2.09. The molecule has 2 aliphatic heterocycles. The number of hydrogen-bond donors (Lipinski definition) is 1. The van der Waals surface area contributed by atoms with Gasteiger partial charge >= 0.3 is 0 Å². The summed E-state index contributed by atoms with van der Waals surface area (Å²) in [6.45, 7) is 3.97. The molecule has 1 N–H and O–H groups in total. The summed E-state index contributed by atoms with van der Waals surface area (Å²) in [5.74, 6) is 0.743. The molecule has 3 heteroatoms. The SMILES string of the molecule is O[C@H]1CCN(CC2CCOCC2)[C@H]1Cc1ccccc1. The van der Waals surface area contributed by atoms with E-state index < -0.39 is 0 Å². The lowest BCUT2D eigenvalue weighted by Gasteiger charge is -2.31. The average molecular weight is 275 g/mol. The van der Waals surface area contributed by atoms with Crippen LogP contribution < -0.4 is 0 Å². The Bertz CT molecular complexity index is 403. The molecule has 0 radical (unpaired) electrons. The highest BCUT2D eigenvalue weighted by atomic mass is 16.5. The molecule has 0 spiro atoms. The van der Waals surface area contributed by atoms with Crippen molar-refractivity contribution in [2.75, 3.05) is 26.3 Å². The molecule has 20 heavy (non-hydrogen) atoms. The van der Waals surface area contributed by atoms with Crippen LogP contribution in [0.15, 0.2) is 30.3 Å². The van der Waals surface area contributed by atoms with Gasteiger partial charge in [0.05, 0.1) is 6.10 Å². The molecular weight excluding hydrogens is 250 g/mol. The van der Waals surface area contributed by atoms with Crippen LogP contribution in [0, 0.1) is 5.92 Å². The van der Waals surface area contributed by atoms with Gasteiger partial charge in [0.15, 0.2) is 0 Å². The summed E-state index contributed by atoms with van der Waals surface area (Å²) >= 11 is 0. The van der Waals surface area contributed by atoms with Crippen molar-refractivity contribution in [1.82, 2.24) is 4.90 Å². The monoisotopic (exact) mass is 275 g/mol. The Labute approximate surface area is 121 Å². The molecule has 3 rings (SSSR count). The van der Waals surface area contributed by atoms with Crippen LogP contribution in [0.25, 0.3) is 0 Å². The van der Waals surface area contributed by atoms with Gasteiger partial charge in [0, 0.05) is 32.3 Å². The van der Waals surface area contributed by atoms with Crippen LogP contribution in [-0.2, 0) is 11.2 Å². The minimum atomic E-state index is -0.171. The number of aliphatic hydroxyl groups excluding tert-OH is 1. The third kappa shape index (κ3) is 3.40. The van der Waals surface area contributed by atoms with E-state index in [1.165, 1.54) is 18.4 Å². The minimum Gasteiger partial charge on any atom is -0.391 e. The molecule has 2 atom stereocenters. The van der Waals surface area contributed by atoms with Gasteiger partial charge in [-0.2, -0.15) is 0 Å². The highest BCUT2D eigenvalue weighted by molar-refractivity contribution is 5.17.